The average Bonchev–Trinajstić information content (AvgIpc) is 3.42. The van der Waals surface area contributed by atoms with E-state index in [1.165, 1.54) is 39.9 Å². The van der Waals surface area contributed by atoms with Crippen molar-refractivity contribution in [1.29, 1.82) is 0 Å². The van der Waals surface area contributed by atoms with Crippen LogP contribution in [0.25, 0.3) is 10.2 Å². The summed E-state index contributed by atoms with van der Waals surface area (Å²) >= 11 is 1.40. The molecule has 1 fully saturated rings. The molecule has 0 atom stereocenters. The highest BCUT2D eigenvalue weighted by Gasteiger charge is 2.26. The summed E-state index contributed by atoms with van der Waals surface area (Å²) in [6.07, 6.45) is 0.871. The molecule has 0 radical (unpaired) electrons. The maximum atomic E-state index is 12.9. The molecular formula is C22H23N3O6S2. The first-order chi connectivity index (χ1) is 16.0. The minimum absolute atomic E-state index is 0.151. The Morgan fingerprint density at radius 3 is 2.48 bits per heavy atom. The molecule has 3 aromatic rings. The monoisotopic (exact) mass is 489 g/mol. The molecule has 2 aliphatic rings. The molecule has 1 saturated heterocycles. The summed E-state index contributed by atoms with van der Waals surface area (Å²) in [4.78, 5) is 18.0. The van der Waals surface area contributed by atoms with E-state index in [0.29, 0.717) is 54.7 Å². The van der Waals surface area contributed by atoms with Crippen LogP contribution in [-0.4, -0.2) is 56.3 Å². The van der Waals surface area contributed by atoms with Gasteiger partial charge >= 0.3 is 0 Å². The highest BCUT2D eigenvalue weighted by atomic mass is 32.2. The molecule has 9 nitrogen and oxygen atoms in total. The van der Waals surface area contributed by atoms with Crippen LogP contribution in [0.4, 0.5) is 0 Å². The van der Waals surface area contributed by atoms with Crippen LogP contribution in [0.5, 0.6) is 11.5 Å². The SMILES string of the molecule is CCCn1c(=NC(=O)c2ccc(S(=O)(=O)N3CCOCC3)cc2)sc2cc3c(cc21)OCO3. The van der Waals surface area contributed by atoms with E-state index in [-0.39, 0.29) is 11.7 Å². The number of fused-ring (bicyclic) bond motifs is 2. The smallest absolute Gasteiger partial charge is 0.279 e. The van der Waals surface area contributed by atoms with Crippen LogP contribution in [-0.2, 0) is 21.3 Å². The second-order valence-corrected chi connectivity index (χ2v) is 10.6. The van der Waals surface area contributed by atoms with Crippen LogP contribution in [0, 0.1) is 0 Å². The van der Waals surface area contributed by atoms with E-state index in [4.69, 9.17) is 14.2 Å². The van der Waals surface area contributed by atoms with Crippen molar-refractivity contribution >= 4 is 37.5 Å². The number of carbonyl (C=O) groups is 1. The Morgan fingerprint density at radius 2 is 1.79 bits per heavy atom. The molecule has 0 aliphatic carbocycles. The van der Waals surface area contributed by atoms with Crippen molar-refractivity contribution in [1.82, 2.24) is 8.87 Å². The number of aromatic nitrogens is 1. The first-order valence-corrected chi connectivity index (χ1v) is 12.9. The number of aryl methyl sites for hydroxylation is 1. The number of benzene rings is 2. The van der Waals surface area contributed by atoms with E-state index in [9.17, 15) is 13.2 Å². The lowest BCUT2D eigenvalue weighted by Crippen LogP contribution is -2.40. The number of thiazole rings is 1. The van der Waals surface area contributed by atoms with Gasteiger partial charge in [-0.3, -0.25) is 4.79 Å². The van der Waals surface area contributed by atoms with Gasteiger partial charge in [0.2, 0.25) is 16.8 Å². The van der Waals surface area contributed by atoms with Gasteiger partial charge in [-0.05, 0) is 30.7 Å². The van der Waals surface area contributed by atoms with Gasteiger partial charge in [-0.1, -0.05) is 18.3 Å². The lowest BCUT2D eigenvalue weighted by Gasteiger charge is -2.26. The summed E-state index contributed by atoms with van der Waals surface area (Å²) < 4.78 is 46.1. The van der Waals surface area contributed by atoms with Crippen LogP contribution < -0.4 is 14.3 Å². The van der Waals surface area contributed by atoms with Gasteiger partial charge in [0, 0.05) is 37.3 Å². The zero-order valence-electron chi connectivity index (χ0n) is 18.0. The fourth-order valence-electron chi connectivity index (χ4n) is 3.84. The molecule has 5 rings (SSSR count). The summed E-state index contributed by atoms with van der Waals surface area (Å²) in [6.45, 7) is 4.35. The quantitative estimate of drug-likeness (QED) is 0.546. The van der Waals surface area contributed by atoms with Crippen molar-refractivity contribution in [2.45, 2.75) is 24.8 Å². The number of ether oxygens (including phenoxy) is 3. The Labute approximate surface area is 194 Å². The van der Waals surface area contributed by atoms with Gasteiger partial charge in [0.15, 0.2) is 16.3 Å². The fourth-order valence-corrected chi connectivity index (χ4v) is 6.31. The standard InChI is InChI=1S/C22H23N3O6S2/c1-2-7-25-17-12-18-19(31-14-30-18)13-20(17)32-22(25)23-21(26)15-3-5-16(6-4-15)33(27,28)24-8-10-29-11-9-24/h3-6,12-13H,2,7-11,14H2,1H3. The molecular weight excluding hydrogens is 466 g/mol. The lowest BCUT2D eigenvalue weighted by molar-refractivity contribution is 0.0730. The van der Waals surface area contributed by atoms with Crippen molar-refractivity contribution < 1.29 is 27.4 Å². The molecule has 2 aromatic carbocycles. The predicted octanol–water partition coefficient (Wildman–Crippen LogP) is 2.60. The normalized spacial score (nSPS) is 17.1. The molecule has 0 N–H and O–H groups in total. The lowest BCUT2D eigenvalue weighted by atomic mass is 10.2. The number of rotatable bonds is 5. The van der Waals surface area contributed by atoms with E-state index in [2.05, 4.69) is 11.9 Å². The molecule has 0 spiro atoms. The van der Waals surface area contributed by atoms with E-state index in [1.807, 2.05) is 16.7 Å². The third kappa shape index (κ3) is 4.17. The number of carbonyl (C=O) groups excluding carboxylic acids is 1. The Hall–Kier alpha value is -2.73. The molecule has 1 amide bonds. The molecule has 33 heavy (non-hydrogen) atoms. The number of morpholine rings is 1. The number of hydrogen-bond acceptors (Lipinski definition) is 7. The number of sulfonamides is 1. The summed E-state index contributed by atoms with van der Waals surface area (Å²) in [5, 5.41) is 0. The Kier molecular flexibility index (Phi) is 5.95. The molecule has 2 aliphatic heterocycles. The first kappa shape index (κ1) is 22.1. The fraction of sp³-hybridized carbons (Fsp3) is 0.364. The van der Waals surface area contributed by atoms with Crippen LogP contribution >= 0.6 is 11.3 Å². The van der Waals surface area contributed by atoms with Crippen LogP contribution in [0.15, 0.2) is 46.3 Å². The summed E-state index contributed by atoms with van der Waals surface area (Å²) in [6, 6.07) is 9.75. The minimum atomic E-state index is -3.61. The maximum Gasteiger partial charge on any atom is 0.279 e. The van der Waals surface area contributed by atoms with Gasteiger partial charge in [0.05, 0.1) is 28.3 Å². The minimum Gasteiger partial charge on any atom is -0.454 e. The molecule has 0 unspecified atom stereocenters. The number of hydrogen-bond donors (Lipinski definition) is 0. The van der Waals surface area contributed by atoms with E-state index in [1.54, 1.807) is 0 Å². The number of nitrogens with zero attached hydrogens (tertiary/aromatic N) is 3. The van der Waals surface area contributed by atoms with Gasteiger partial charge < -0.3 is 18.8 Å². The Morgan fingerprint density at radius 1 is 1.09 bits per heavy atom. The van der Waals surface area contributed by atoms with Gasteiger partial charge in [-0.2, -0.15) is 9.30 Å². The first-order valence-electron chi connectivity index (χ1n) is 10.7. The van der Waals surface area contributed by atoms with Crippen LogP contribution in [0.1, 0.15) is 23.7 Å². The topological polar surface area (TPSA) is 99.4 Å². The zero-order valence-corrected chi connectivity index (χ0v) is 19.7. The van der Waals surface area contributed by atoms with Crippen molar-refractivity contribution in [3.05, 3.63) is 46.8 Å². The highest BCUT2D eigenvalue weighted by molar-refractivity contribution is 7.89. The van der Waals surface area contributed by atoms with Gasteiger partial charge in [-0.25, -0.2) is 8.42 Å². The van der Waals surface area contributed by atoms with Gasteiger partial charge in [0.25, 0.3) is 5.91 Å². The Bertz CT molecular complexity index is 1370. The van der Waals surface area contributed by atoms with Crippen molar-refractivity contribution in [2.24, 2.45) is 4.99 Å². The number of amides is 1. The predicted molar refractivity (Wildman–Crippen MR) is 122 cm³/mol. The van der Waals surface area contributed by atoms with Crippen molar-refractivity contribution in [3.8, 4) is 11.5 Å². The molecule has 0 bridgehead atoms. The molecule has 174 valence electrons. The highest BCUT2D eigenvalue weighted by Crippen LogP contribution is 2.37. The molecule has 3 heterocycles. The molecule has 11 heteroatoms. The molecule has 0 saturated carbocycles. The zero-order chi connectivity index (χ0) is 23.0. The van der Waals surface area contributed by atoms with Gasteiger partial charge in [0.1, 0.15) is 0 Å². The van der Waals surface area contributed by atoms with Gasteiger partial charge in [-0.15, -0.1) is 0 Å². The third-order valence-corrected chi connectivity index (χ3v) is 8.48. The van der Waals surface area contributed by atoms with E-state index >= 15 is 0 Å². The van der Waals surface area contributed by atoms with E-state index < -0.39 is 15.9 Å². The summed E-state index contributed by atoms with van der Waals surface area (Å²) in [5.41, 5.74) is 1.26. The summed E-state index contributed by atoms with van der Waals surface area (Å²) in [7, 11) is -3.61. The Balaban J connectivity index is 1.46. The maximum absolute atomic E-state index is 12.9. The van der Waals surface area contributed by atoms with E-state index in [0.717, 1.165) is 16.6 Å². The van der Waals surface area contributed by atoms with Crippen LogP contribution in [0.2, 0.25) is 0 Å². The molecule has 1 aromatic heterocycles. The largest absolute Gasteiger partial charge is 0.454 e. The third-order valence-electron chi connectivity index (χ3n) is 5.53. The second kappa shape index (κ2) is 8.90. The van der Waals surface area contributed by atoms with Crippen molar-refractivity contribution in [2.75, 3.05) is 33.1 Å². The average molecular weight is 490 g/mol. The van der Waals surface area contributed by atoms with Crippen LogP contribution in [0.3, 0.4) is 0 Å². The second-order valence-electron chi connectivity index (χ2n) is 7.67. The van der Waals surface area contributed by atoms with Crippen molar-refractivity contribution in [3.63, 3.8) is 0 Å². The summed E-state index contributed by atoms with van der Waals surface area (Å²) in [5.74, 6) is 0.934.